The first-order valence-corrected chi connectivity index (χ1v) is 7.25. The molecule has 0 spiro atoms. The van der Waals surface area contributed by atoms with Gasteiger partial charge in [0.1, 0.15) is 11.5 Å². The monoisotopic (exact) mass is 330 g/mol. The zero-order valence-corrected chi connectivity index (χ0v) is 13.2. The highest BCUT2D eigenvalue weighted by molar-refractivity contribution is 5.94. The van der Waals surface area contributed by atoms with Crippen molar-refractivity contribution in [3.05, 3.63) is 65.2 Å². The number of amides is 1. The highest BCUT2D eigenvalue weighted by Crippen LogP contribution is 2.18. The van der Waals surface area contributed by atoms with E-state index in [1.165, 1.54) is 24.8 Å². The average Bonchev–Trinajstić information content (AvgIpc) is 2.49. The van der Waals surface area contributed by atoms with E-state index in [-0.39, 0.29) is 24.1 Å². The van der Waals surface area contributed by atoms with Crippen molar-refractivity contribution in [3.8, 4) is 11.8 Å². The molecular formula is C18H16ClFN2O. The fraction of sp³-hybridized carbons (Fsp3) is 0.222. The maximum atomic E-state index is 13.0. The summed E-state index contributed by atoms with van der Waals surface area (Å²) in [5.41, 5.74) is 1.67. The van der Waals surface area contributed by atoms with E-state index in [0.717, 1.165) is 12.8 Å². The lowest BCUT2D eigenvalue weighted by Crippen LogP contribution is -2.39. The second-order valence-corrected chi connectivity index (χ2v) is 5.29. The summed E-state index contributed by atoms with van der Waals surface area (Å²) in [5.74, 6) is 5.29. The van der Waals surface area contributed by atoms with Gasteiger partial charge in [0.05, 0.1) is 5.56 Å². The molecule has 118 valence electrons. The van der Waals surface area contributed by atoms with Crippen LogP contribution in [0.3, 0.4) is 0 Å². The minimum Gasteiger partial charge on any atom is -0.349 e. The van der Waals surface area contributed by atoms with E-state index in [2.05, 4.69) is 22.1 Å². The van der Waals surface area contributed by atoms with Gasteiger partial charge < -0.3 is 5.32 Å². The number of benzene rings is 1. The standard InChI is InChI=1S/C18H15FN2O.ClH/c19-15-4-1-3-13(11-15)7-9-16-10-8-14(12-20-16)18(22)21-17-5-2-6-17;/h1,3-4,8,10-12,17H,2,5-6H2,(H,21,22);1H. The fourth-order valence-corrected chi connectivity index (χ4v) is 2.13. The molecular weight excluding hydrogens is 315 g/mol. The number of halogens is 2. The van der Waals surface area contributed by atoms with Crippen molar-refractivity contribution in [2.45, 2.75) is 25.3 Å². The van der Waals surface area contributed by atoms with Gasteiger partial charge in [-0.15, -0.1) is 12.4 Å². The predicted octanol–water partition coefficient (Wildman–Crippen LogP) is 3.32. The smallest absolute Gasteiger partial charge is 0.253 e. The van der Waals surface area contributed by atoms with Crippen molar-refractivity contribution in [1.82, 2.24) is 10.3 Å². The zero-order chi connectivity index (χ0) is 15.4. The Kier molecular flexibility index (Phi) is 5.72. The molecule has 0 bridgehead atoms. The van der Waals surface area contributed by atoms with Crippen LogP contribution in [0.4, 0.5) is 4.39 Å². The van der Waals surface area contributed by atoms with Gasteiger partial charge in [-0.2, -0.15) is 0 Å². The van der Waals surface area contributed by atoms with Crippen LogP contribution in [-0.4, -0.2) is 16.9 Å². The Morgan fingerprint density at radius 1 is 1.22 bits per heavy atom. The van der Waals surface area contributed by atoms with Crippen molar-refractivity contribution < 1.29 is 9.18 Å². The van der Waals surface area contributed by atoms with Crippen molar-refractivity contribution in [1.29, 1.82) is 0 Å². The summed E-state index contributed by atoms with van der Waals surface area (Å²) in [5, 5.41) is 2.96. The van der Waals surface area contributed by atoms with Gasteiger partial charge >= 0.3 is 0 Å². The molecule has 1 heterocycles. The molecule has 3 rings (SSSR count). The molecule has 1 saturated carbocycles. The van der Waals surface area contributed by atoms with Crippen molar-refractivity contribution >= 4 is 18.3 Å². The summed E-state index contributed by atoms with van der Waals surface area (Å²) in [6.07, 6.45) is 4.80. The largest absolute Gasteiger partial charge is 0.349 e. The summed E-state index contributed by atoms with van der Waals surface area (Å²) in [6.45, 7) is 0. The molecule has 1 N–H and O–H groups in total. The van der Waals surface area contributed by atoms with Crippen LogP contribution >= 0.6 is 12.4 Å². The number of carbonyl (C=O) groups is 1. The predicted molar refractivity (Wildman–Crippen MR) is 89.0 cm³/mol. The lowest BCUT2D eigenvalue weighted by atomic mass is 9.93. The molecule has 1 amide bonds. The number of nitrogens with one attached hydrogen (secondary N) is 1. The maximum absolute atomic E-state index is 13.0. The Bertz CT molecular complexity index is 746. The summed E-state index contributed by atoms with van der Waals surface area (Å²) >= 11 is 0. The van der Waals surface area contributed by atoms with E-state index in [4.69, 9.17) is 0 Å². The third-order valence-electron chi connectivity index (χ3n) is 3.63. The first-order chi connectivity index (χ1) is 10.7. The van der Waals surface area contributed by atoms with Crippen molar-refractivity contribution in [3.63, 3.8) is 0 Å². The molecule has 1 aliphatic carbocycles. The molecule has 0 radical (unpaired) electrons. The van der Waals surface area contributed by atoms with Gasteiger partial charge in [-0.1, -0.05) is 12.0 Å². The molecule has 2 aromatic rings. The topological polar surface area (TPSA) is 42.0 Å². The van der Waals surface area contributed by atoms with Gasteiger partial charge in [0.15, 0.2) is 0 Å². The van der Waals surface area contributed by atoms with E-state index in [1.54, 1.807) is 24.3 Å². The number of rotatable bonds is 2. The lowest BCUT2D eigenvalue weighted by molar-refractivity contribution is 0.0916. The molecule has 1 aromatic heterocycles. The molecule has 0 aliphatic heterocycles. The molecule has 5 heteroatoms. The summed E-state index contributed by atoms with van der Waals surface area (Å²) in [6, 6.07) is 9.79. The van der Waals surface area contributed by atoms with Crippen LogP contribution in [0, 0.1) is 17.7 Å². The maximum Gasteiger partial charge on any atom is 0.253 e. The Balaban J connectivity index is 0.00000192. The molecule has 0 saturated heterocycles. The van der Waals surface area contributed by atoms with E-state index in [1.807, 2.05) is 0 Å². The summed E-state index contributed by atoms with van der Waals surface area (Å²) in [7, 11) is 0. The quantitative estimate of drug-likeness (QED) is 0.858. The van der Waals surface area contributed by atoms with E-state index >= 15 is 0 Å². The highest BCUT2D eigenvalue weighted by atomic mass is 35.5. The zero-order valence-electron chi connectivity index (χ0n) is 12.4. The lowest BCUT2D eigenvalue weighted by Gasteiger charge is -2.26. The van der Waals surface area contributed by atoms with Crippen LogP contribution < -0.4 is 5.32 Å². The van der Waals surface area contributed by atoms with Crippen LogP contribution in [0.15, 0.2) is 42.6 Å². The number of hydrogen-bond acceptors (Lipinski definition) is 2. The Labute approximate surface area is 140 Å². The van der Waals surface area contributed by atoms with Crippen LogP contribution in [0.2, 0.25) is 0 Å². The van der Waals surface area contributed by atoms with E-state index in [0.29, 0.717) is 22.9 Å². The van der Waals surface area contributed by atoms with Gasteiger partial charge in [-0.3, -0.25) is 4.79 Å². The fourth-order valence-electron chi connectivity index (χ4n) is 2.13. The molecule has 3 nitrogen and oxygen atoms in total. The number of carbonyl (C=O) groups excluding carboxylic acids is 1. The molecule has 1 fully saturated rings. The first kappa shape index (κ1) is 17.0. The van der Waals surface area contributed by atoms with E-state index < -0.39 is 0 Å². The third kappa shape index (κ3) is 4.54. The van der Waals surface area contributed by atoms with Gasteiger partial charge in [-0.05, 0) is 55.5 Å². The Hall–Kier alpha value is -2.38. The molecule has 0 unspecified atom stereocenters. The Morgan fingerprint density at radius 3 is 2.65 bits per heavy atom. The number of aromatic nitrogens is 1. The SMILES string of the molecule is Cl.O=C(NC1CCC1)c1ccc(C#Cc2cccc(F)c2)nc1. The second-order valence-electron chi connectivity index (χ2n) is 5.29. The number of hydrogen-bond donors (Lipinski definition) is 1. The first-order valence-electron chi connectivity index (χ1n) is 7.25. The van der Waals surface area contributed by atoms with Crippen LogP contribution in [0.25, 0.3) is 0 Å². The van der Waals surface area contributed by atoms with Gasteiger partial charge in [0, 0.05) is 17.8 Å². The van der Waals surface area contributed by atoms with Gasteiger partial charge in [0.2, 0.25) is 0 Å². The highest BCUT2D eigenvalue weighted by Gasteiger charge is 2.19. The third-order valence-corrected chi connectivity index (χ3v) is 3.63. The van der Waals surface area contributed by atoms with Gasteiger partial charge in [-0.25, -0.2) is 9.37 Å². The van der Waals surface area contributed by atoms with Crippen LogP contribution in [-0.2, 0) is 0 Å². The van der Waals surface area contributed by atoms with Crippen molar-refractivity contribution in [2.75, 3.05) is 0 Å². The minimum atomic E-state index is -0.317. The summed E-state index contributed by atoms with van der Waals surface area (Å²) < 4.78 is 13.0. The normalized spacial score (nSPS) is 13.1. The van der Waals surface area contributed by atoms with Crippen molar-refractivity contribution in [2.24, 2.45) is 0 Å². The molecule has 1 aliphatic rings. The van der Waals surface area contributed by atoms with Crippen LogP contribution in [0.5, 0.6) is 0 Å². The van der Waals surface area contributed by atoms with E-state index in [9.17, 15) is 9.18 Å². The minimum absolute atomic E-state index is 0. The number of pyridine rings is 1. The van der Waals surface area contributed by atoms with Gasteiger partial charge in [0.25, 0.3) is 5.91 Å². The average molecular weight is 331 g/mol. The molecule has 23 heavy (non-hydrogen) atoms. The molecule has 0 atom stereocenters. The van der Waals surface area contributed by atoms with Crippen LogP contribution in [0.1, 0.15) is 40.9 Å². The Morgan fingerprint density at radius 2 is 2.04 bits per heavy atom. The second kappa shape index (κ2) is 7.75. The molecule has 1 aromatic carbocycles. The number of nitrogens with zero attached hydrogens (tertiary/aromatic N) is 1. The summed E-state index contributed by atoms with van der Waals surface area (Å²) in [4.78, 5) is 16.1.